The summed E-state index contributed by atoms with van der Waals surface area (Å²) in [6.45, 7) is 19.0. The molecule has 5 saturated heterocycles. The fraction of sp³-hybridized carbons (Fsp3) is 0.516. The van der Waals surface area contributed by atoms with Crippen molar-refractivity contribution in [3.63, 3.8) is 0 Å². The van der Waals surface area contributed by atoms with Gasteiger partial charge in [0.2, 0.25) is 0 Å². The van der Waals surface area contributed by atoms with Crippen LogP contribution in [0.1, 0.15) is 64.5 Å². The molecule has 486 valence electrons. The second-order valence-electron chi connectivity index (χ2n) is 24.0. The van der Waals surface area contributed by atoms with E-state index in [1.165, 1.54) is 9.80 Å². The number of anilines is 4. The number of carbonyl (C=O) groups excluding carboxylic acids is 2. The van der Waals surface area contributed by atoms with E-state index in [1.54, 1.807) is 40.0 Å². The molecule has 6 aromatic rings. The molecule has 0 bridgehead atoms. The minimum absolute atomic E-state index is 0.0333. The summed E-state index contributed by atoms with van der Waals surface area (Å²) < 4.78 is 103. The lowest BCUT2D eigenvalue weighted by Crippen LogP contribution is -2.41. The van der Waals surface area contributed by atoms with Gasteiger partial charge in [-0.25, -0.2) is 19.6 Å². The Morgan fingerprint density at radius 1 is 0.622 bits per heavy atom. The number of hydrogen-bond acceptors (Lipinski definition) is 14. The van der Waals surface area contributed by atoms with Crippen LogP contribution in [-0.2, 0) is 31.9 Å². The van der Waals surface area contributed by atoms with Crippen LogP contribution in [0.25, 0.3) is 33.9 Å². The molecule has 4 amide bonds. The van der Waals surface area contributed by atoms with Crippen molar-refractivity contribution in [2.24, 2.45) is 11.8 Å². The first-order valence-electron chi connectivity index (χ1n) is 30.2. The Morgan fingerprint density at radius 2 is 1.08 bits per heavy atom. The number of hydrogen-bond donors (Lipinski definition) is 4. The summed E-state index contributed by atoms with van der Waals surface area (Å²) in [6, 6.07) is 21.6. The molecule has 9 heterocycles. The highest BCUT2D eigenvalue weighted by Gasteiger charge is 2.52. The van der Waals surface area contributed by atoms with Crippen molar-refractivity contribution in [1.29, 1.82) is 0 Å². The Balaban J connectivity index is 0.000000169. The average molecular weight is 1280 g/mol. The third-order valence-electron chi connectivity index (χ3n) is 16.9. The maximum absolute atomic E-state index is 12.9. The number of aromatic nitrogens is 6. The van der Waals surface area contributed by atoms with Crippen LogP contribution in [0.15, 0.2) is 85.2 Å². The largest absolute Gasteiger partial charge is 0.495 e. The number of rotatable bonds is 14. The zero-order valence-corrected chi connectivity index (χ0v) is 52.2. The van der Waals surface area contributed by atoms with Crippen LogP contribution in [0.3, 0.4) is 0 Å². The summed E-state index contributed by atoms with van der Waals surface area (Å²) in [6.07, 6.45) is -6.10. The van der Waals surface area contributed by atoms with Gasteiger partial charge in [-0.05, 0) is 149 Å². The van der Waals surface area contributed by atoms with Crippen molar-refractivity contribution in [3.8, 4) is 33.9 Å². The zero-order valence-electron chi connectivity index (χ0n) is 51.4. The lowest BCUT2D eigenvalue weighted by molar-refractivity contribution is -0.144. The number of halogens is 7. The van der Waals surface area contributed by atoms with E-state index in [1.807, 2.05) is 96.1 Å². The Kier molecular flexibility index (Phi) is 21.8. The lowest BCUT2D eigenvalue weighted by Gasteiger charge is -2.32. The number of nitrogens with one attached hydrogen (secondary N) is 2. The maximum Gasteiger partial charge on any atom is 0.495 e. The van der Waals surface area contributed by atoms with Crippen molar-refractivity contribution in [1.82, 2.24) is 39.3 Å². The second kappa shape index (κ2) is 29.1. The Morgan fingerprint density at radius 3 is 1.56 bits per heavy atom. The van der Waals surface area contributed by atoms with E-state index in [9.17, 15) is 41.0 Å². The Hall–Kier alpha value is -7.01. The summed E-state index contributed by atoms with van der Waals surface area (Å²) in [7, 11) is -0.556. The number of nitrogens with zero attached hydrogens (tertiary/aromatic N) is 10. The molecule has 90 heavy (non-hydrogen) atoms. The van der Waals surface area contributed by atoms with Gasteiger partial charge in [-0.3, -0.25) is 9.36 Å². The number of morpholine rings is 2. The third kappa shape index (κ3) is 17.5. The fourth-order valence-corrected chi connectivity index (χ4v) is 11.6. The Labute approximate surface area is 524 Å². The van der Waals surface area contributed by atoms with E-state index in [2.05, 4.69) is 35.6 Å². The van der Waals surface area contributed by atoms with Crippen LogP contribution >= 0.6 is 11.6 Å². The van der Waals surface area contributed by atoms with E-state index in [4.69, 9.17) is 40.5 Å². The Bertz CT molecular complexity index is 3400. The molecule has 5 fully saturated rings. The highest BCUT2D eigenvalue weighted by molar-refractivity contribution is 6.62. The van der Waals surface area contributed by atoms with Crippen molar-refractivity contribution in [2.45, 2.75) is 104 Å². The minimum Gasteiger partial charge on any atom is -0.399 e. The second-order valence-corrected chi connectivity index (χ2v) is 24.5. The molecule has 5 aliphatic heterocycles. The van der Waals surface area contributed by atoms with Gasteiger partial charge in [0.15, 0.2) is 0 Å². The number of carbonyl (C=O) groups is 2. The van der Waals surface area contributed by atoms with Crippen LogP contribution in [0.2, 0.25) is 5.02 Å². The molecule has 0 spiro atoms. The quantitative estimate of drug-likeness (QED) is 0.0591. The summed E-state index contributed by atoms with van der Waals surface area (Å²) in [5.41, 5.74) is 7.79. The topological polar surface area (TPSA) is 210 Å². The van der Waals surface area contributed by atoms with Gasteiger partial charge in [-0.1, -0.05) is 29.3 Å². The first-order chi connectivity index (χ1) is 42.7. The number of benzene rings is 2. The number of ether oxygens (including phenoxy) is 2. The van der Waals surface area contributed by atoms with Gasteiger partial charge in [-0.15, -0.1) is 0 Å². The minimum atomic E-state index is -4.23. The van der Waals surface area contributed by atoms with Gasteiger partial charge in [0.05, 0.1) is 86.7 Å². The van der Waals surface area contributed by atoms with Crippen molar-refractivity contribution in [3.05, 3.63) is 101 Å². The smallest absolute Gasteiger partial charge is 0.399 e. The number of aliphatic hydroxyl groups is 2. The highest BCUT2D eigenvalue weighted by atomic mass is 35.5. The average Bonchev–Trinajstić information content (AvgIpc) is 1.52. The molecule has 20 nitrogen and oxygen atoms in total. The highest BCUT2D eigenvalue weighted by Crippen LogP contribution is 2.39. The molecule has 0 aliphatic carbocycles. The molecule has 11 rings (SSSR count). The summed E-state index contributed by atoms with van der Waals surface area (Å²) >= 11 is 6.24. The third-order valence-corrected chi connectivity index (χ3v) is 17.1. The van der Waals surface area contributed by atoms with Crippen LogP contribution in [0.4, 0.5) is 58.9 Å². The zero-order chi connectivity index (χ0) is 64.5. The van der Waals surface area contributed by atoms with Gasteiger partial charge in [-0.2, -0.15) is 36.5 Å². The van der Waals surface area contributed by atoms with Crippen LogP contribution in [-0.4, -0.2) is 184 Å². The van der Waals surface area contributed by atoms with Gasteiger partial charge in [0.25, 0.3) is 0 Å². The molecule has 2 aromatic carbocycles. The molecular formula is C62H78BClF6N12O8. The molecule has 5 aliphatic rings. The van der Waals surface area contributed by atoms with Gasteiger partial charge >= 0.3 is 31.5 Å². The van der Waals surface area contributed by atoms with Gasteiger partial charge in [0, 0.05) is 94.0 Å². The molecule has 28 heteroatoms. The van der Waals surface area contributed by atoms with Crippen LogP contribution in [0.5, 0.6) is 0 Å². The van der Waals surface area contributed by atoms with Gasteiger partial charge in [0.1, 0.15) is 11.6 Å². The maximum atomic E-state index is 12.9. The van der Waals surface area contributed by atoms with Crippen molar-refractivity contribution in [2.75, 3.05) is 112 Å². The molecule has 0 unspecified atom stereocenters. The van der Waals surface area contributed by atoms with E-state index in [0.29, 0.717) is 101 Å². The number of amides is 4. The number of aryl methyl sites for hydroxylation is 2. The van der Waals surface area contributed by atoms with E-state index in [-0.39, 0.29) is 26.3 Å². The number of alkyl halides is 6. The lowest BCUT2D eigenvalue weighted by atomic mass is 9.76. The first-order valence-corrected chi connectivity index (χ1v) is 30.6. The predicted molar refractivity (Wildman–Crippen MR) is 332 cm³/mol. The van der Waals surface area contributed by atoms with Crippen LogP contribution < -0.4 is 25.9 Å². The molecule has 0 saturated carbocycles. The molecule has 2 atom stereocenters. The monoisotopic (exact) mass is 1280 g/mol. The number of pyridine rings is 2. The fourth-order valence-electron chi connectivity index (χ4n) is 11.4. The van der Waals surface area contributed by atoms with E-state index < -0.39 is 67.4 Å². The molecule has 4 N–H and O–H groups in total. The van der Waals surface area contributed by atoms with E-state index in [0.717, 1.165) is 69.5 Å². The number of aliphatic hydroxyl groups excluding tert-OH is 2. The van der Waals surface area contributed by atoms with E-state index >= 15 is 0 Å². The summed E-state index contributed by atoms with van der Waals surface area (Å²) in [5.74, 6) is 0.512. The standard InChI is InChI=1S/C28H33F3N6O3.C20H28BF3N2O3.C14H17ClN4O2/c1-19-2-3-22(33-27(39)36-7-5-20(18-36)17-28(29,30)31)16-23(19)21-14-24(25-4-6-32-37(25)8-11-38)34-26(15-21)35-9-12-40-13-10-35;1-13-6-7-15(10-16(13)21-28-18(2,3)19(4,5)29-21)25-17(27)26-9-8-14(12-26)11-20(22,23)24;15-11-9-12(13-1-2-16-19(13)3-6-20)17-14(10-11)18-4-7-21-8-5-18/h2-4,6,14-16,20,38H,5,7-13,17-18H2,1H3,(H,33,39);6-7,10,14H,8-9,11-12H2,1-5H3,(H,25,27);1-2,9-10,20H,3-8H2/t20-;14-;/m00./s1. The molecule has 4 aromatic heterocycles. The first kappa shape index (κ1) is 67.4. The SMILES string of the molecule is Cc1ccc(NC(=O)N2CC[C@@H](CC(F)(F)F)C2)cc1-c1cc(-c2ccnn2CCO)nc(N2CCOCC2)c1.Cc1ccc(NC(=O)N2CC[C@@H](CC(F)(F)F)C2)cc1B1OC(C)(C)C(C)(C)O1.OCCn1nccc1-c1cc(Cl)cc(N2CCOCC2)n1. The molecule has 0 radical (unpaired) electrons. The van der Waals surface area contributed by atoms with Crippen molar-refractivity contribution < 1.29 is 64.9 Å². The number of urea groups is 2. The molecular weight excluding hydrogens is 1200 g/mol. The van der Waals surface area contributed by atoms with Crippen LogP contribution in [0, 0.1) is 25.7 Å². The normalized spacial score (nSPS) is 19.1. The summed E-state index contributed by atoms with van der Waals surface area (Å²) in [5, 5.41) is 33.4. The van der Waals surface area contributed by atoms with Gasteiger partial charge < -0.3 is 59.2 Å². The predicted octanol–water partition coefficient (Wildman–Crippen LogP) is 10.1. The summed E-state index contributed by atoms with van der Waals surface area (Å²) in [4.78, 5) is 42.2. The number of likely N-dealkylation sites (tertiary alicyclic amines) is 2. The van der Waals surface area contributed by atoms with Crippen molar-refractivity contribution >= 4 is 59.3 Å².